The van der Waals surface area contributed by atoms with Crippen LogP contribution in [0.3, 0.4) is 0 Å². The quantitative estimate of drug-likeness (QED) is 0.725. The highest BCUT2D eigenvalue weighted by Gasteiger charge is 2.15. The minimum absolute atomic E-state index is 0.100. The van der Waals surface area contributed by atoms with Crippen LogP contribution >= 0.6 is 27.5 Å². The van der Waals surface area contributed by atoms with E-state index in [0.29, 0.717) is 5.92 Å². The van der Waals surface area contributed by atoms with Crippen molar-refractivity contribution in [2.24, 2.45) is 5.92 Å². The van der Waals surface area contributed by atoms with Crippen molar-refractivity contribution in [2.75, 3.05) is 7.05 Å². The van der Waals surface area contributed by atoms with Gasteiger partial charge in [-0.2, -0.15) is 0 Å². The summed E-state index contributed by atoms with van der Waals surface area (Å²) >= 11 is 9.88. The first kappa shape index (κ1) is 16.5. The molecule has 0 saturated heterocycles. The Bertz CT molecular complexity index is 593. The Morgan fingerprint density at radius 3 is 2.33 bits per heavy atom. The van der Waals surface area contributed by atoms with E-state index in [1.165, 1.54) is 11.1 Å². The molecule has 0 bridgehead atoms. The van der Waals surface area contributed by atoms with Gasteiger partial charge in [-0.1, -0.05) is 65.6 Å². The number of rotatable bonds is 5. The van der Waals surface area contributed by atoms with Crippen LogP contribution in [0.5, 0.6) is 0 Å². The fourth-order valence-corrected chi connectivity index (χ4v) is 3.16. The first-order valence-electron chi connectivity index (χ1n) is 7.22. The first-order valence-corrected chi connectivity index (χ1v) is 8.39. The molecule has 0 heterocycles. The minimum Gasteiger partial charge on any atom is -0.309 e. The molecule has 21 heavy (non-hydrogen) atoms. The van der Waals surface area contributed by atoms with E-state index in [1.54, 1.807) is 0 Å². The molecular weight excluding hydrogens is 346 g/mol. The van der Waals surface area contributed by atoms with E-state index in [-0.39, 0.29) is 6.04 Å². The molecule has 2 rings (SSSR count). The Labute approximate surface area is 140 Å². The highest BCUT2D eigenvalue weighted by molar-refractivity contribution is 9.10. The van der Waals surface area contributed by atoms with E-state index in [0.717, 1.165) is 21.5 Å². The fourth-order valence-electron chi connectivity index (χ4n) is 2.56. The van der Waals surface area contributed by atoms with Gasteiger partial charge in [0, 0.05) is 9.50 Å². The van der Waals surface area contributed by atoms with Crippen molar-refractivity contribution >= 4 is 27.5 Å². The summed E-state index contributed by atoms with van der Waals surface area (Å²) in [6.07, 6.45) is 1.11. The highest BCUT2D eigenvalue weighted by Crippen LogP contribution is 2.30. The molecule has 0 radical (unpaired) electrons. The van der Waals surface area contributed by atoms with E-state index in [4.69, 9.17) is 11.6 Å². The Kier molecular flexibility index (Phi) is 5.86. The zero-order valence-corrected chi connectivity index (χ0v) is 15.0. The van der Waals surface area contributed by atoms with Crippen molar-refractivity contribution < 1.29 is 0 Å². The molecule has 1 N–H and O–H groups in total. The third-order valence-electron chi connectivity index (χ3n) is 3.51. The van der Waals surface area contributed by atoms with Crippen LogP contribution in [0.15, 0.2) is 46.9 Å². The number of hydrogen-bond donors (Lipinski definition) is 1. The number of halogens is 2. The molecule has 2 aromatic carbocycles. The van der Waals surface area contributed by atoms with Gasteiger partial charge in [0.2, 0.25) is 0 Å². The van der Waals surface area contributed by atoms with Crippen molar-refractivity contribution in [3.05, 3.63) is 68.7 Å². The summed E-state index contributed by atoms with van der Waals surface area (Å²) in [5, 5.41) is 4.14. The summed E-state index contributed by atoms with van der Waals surface area (Å²) in [5.41, 5.74) is 3.69. The molecule has 2 aromatic rings. The van der Waals surface area contributed by atoms with Gasteiger partial charge in [-0.25, -0.2) is 0 Å². The molecule has 1 nitrogen and oxygen atoms in total. The molecule has 0 saturated carbocycles. The SMILES string of the molecule is CNC(c1ccc(CC(C)C)cc1)c1cc(Br)ccc1Cl. The summed E-state index contributed by atoms with van der Waals surface area (Å²) in [4.78, 5) is 0. The monoisotopic (exact) mass is 365 g/mol. The van der Waals surface area contributed by atoms with Crippen LogP contribution in [0.2, 0.25) is 5.02 Å². The standard InChI is InChI=1S/C18H21BrClN/c1-12(2)10-13-4-6-14(7-5-13)18(21-3)16-11-15(19)8-9-17(16)20/h4-9,11-12,18,21H,10H2,1-3H3. The minimum atomic E-state index is 0.100. The second-order valence-electron chi connectivity index (χ2n) is 5.73. The summed E-state index contributed by atoms with van der Waals surface area (Å²) in [5.74, 6) is 0.676. The highest BCUT2D eigenvalue weighted by atomic mass is 79.9. The topological polar surface area (TPSA) is 12.0 Å². The number of hydrogen-bond acceptors (Lipinski definition) is 1. The number of nitrogens with one attached hydrogen (secondary N) is 1. The van der Waals surface area contributed by atoms with Gasteiger partial charge < -0.3 is 5.32 Å². The maximum absolute atomic E-state index is 6.36. The lowest BCUT2D eigenvalue weighted by Gasteiger charge is -2.19. The summed E-state index contributed by atoms with van der Waals surface area (Å²) in [6.45, 7) is 4.48. The van der Waals surface area contributed by atoms with Gasteiger partial charge >= 0.3 is 0 Å². The zero-order valence-electron chi connectivity index (χ0n) is 12.7. The smallest absolute Gasteiger partial charge is 0.0589 e. The lowest BCUT2D eigenvalue weighted by molar-refractivity contribution is 0.645. The molecule has 0 amide bonds. The molecule has 0 aromatic heterocycles. The summed E-state index contributed by atoms with van der Waals surface area (Å²) in [7, 11) is 1.96. The first-order chi connectivity index (χ1) is 10.0. The van der Waals surface area contributed by atoms with Gasteiger partial charge in [0.05, 0.1) is 6.04 Å². The van der Waals surface area contributed by atoms with Crippen molar-refractivity contribution in [3.63, 3.8) is 0 Å². The van der Waals surface area contributed by atoms with Gasteiger partial charge in [-0.3, -0.25) is 0 Å². The largest absolute Gasteiger partial charge is 0.309 e. The van der Waals surface area contributed by atoms with Crippen LogP contribution < -0.4 is 5.32 Å². The maximum Gasteiger partial charge on any atom is 0.0589 e. The van der Waals surface area contributed by atoms with Crippen LogP contribution in [0.4, 0.5) is 0 Å². The molecule has 112 valence electrons. The van der Waals surface area contributed by atoms with Crippen LogP contribution in [0.25, 0.3) is 0 Å². The average Bonchev–Trinajstić information content (AvgIpc) is 2.44. The fraction of sp³-hybridized carbons (Fsp3) is 0.333. The third-order valence-corrected chi connectivity index (χ3v) is 4.35. The lowest BCUT2D eigenvalue weighted by Crippen LogP contribution is -2.18. The summed E-state index contributed by atoms with van der Waals surface area (Å²) in [6, 6.07) is 14.9. The van der Waals surface area contributed by atoms with Crippen molar-refractivity contribution in [1.82, 2.24) is 5.32 Å². The molecule has 0 aliphatic rings. The lowest BCUT2D eigenvalue weighted by atomic mass is 9.96. The Morgan fingerprint density at radius 2 is 1.76 bits per heavy atom. The van der Waals surface area contributed by atoms with Crippen molar-refractivity contribution in [1.29, 1.82) is 0 Å². The predicted octanol–water partition coefficient (Wildman–Crippen LogP) is 5.61. The number of benzene rings is 2. The summed E-state index contributed by atoms with van der Waals surface area (Å²) < 4.78 is 1.04. The van der Waals surface area contributed by atoms with Gasteiger partial charge in [0.1, 0.15) is 0 Å². The van der Waals surface area contributed by atoms with Crippen LogP contribution in [-0.2, 0) is 6.42 Å². The third kappa shape index (κ3) is 4.32. The zero-order chi connectivity index (χ0) is 15.4. The van der Waals surface area contributed by atoms with E-state index in [2.05, 4.69) is 65.4 Å². The van der Waals surface area contributed by atoms with E-state index < -0.39 is 0 Å². The second kappa shape index (κ2) is 7.44. The van der Waals surface area contributed by atoms with Crippen LogP contribution in [-0.4, -0.2) is 7.05 Å². The Balaban J connectivity index is 2.31. The van der Waals surface area contributed by atoms with E-state index in [1.807, 2.05) is 19.2 Å². The molecule has 1 atom stereocenters. The molecule has 0 aliphatic heterocycles. The molecule has 0 aliphatic carbocycles. The van der Waals surface area contributed by atoms with Crippen LogP contribution in [0.1, 0.15) is 36.6 Å². The molecule has 0 spiro atoms. The normalized spacial score (nSPS) is 12.7. The van der Waals surface area contributed by atoms with E-state index in [9.17, 15) is 0 Å². The van der Waals surface area contributed by atoms with Crippen molar-refractivity contribution in [2.45, 2.75) is 26.3 Å². The van der Waals surface area contributed by atoms with Gasteiger partial charge in [-0.15, -0.1) is 0 Å². The predicted molar refractivity (Wildman–Crippen MR) is 95.0 cm³/mol. The molecular formula is C18H21BrClN. The van der Waals surface area contributed by atoms with Crippen molar-refractivity contribution in [3.8, 4) is 0 Å². The second-order valence-corrected chi connectivity index (χ2v) is 7.05. The Hall–Kier alpha value is -0.830. The Morgan fingerprint density at radius 1 is 1.10 bits per heavy atom. The molecule has 3 heteroatoms. The van der Waals surface area contributed by atoms with Gasteiger partial charge in [-0.05, 0) is 54.3 Å². The molecule has 0 fully saturated rings. The molecule has 1 unspecified atom stereocenters. The maximum atomic E-state index is 6.36. The van der Waals surface area contributed by atoms with Gasteiger partial charge in [0.25, 0.3) is 0 Å². The van der Waals surface area contributed by atoms with Crippen LogP contribution in [0, 0.1) is 5.92 Å². The van der Waals surface area contributed by atoms with Gasteiger partial charge in [0.15, 0.2) is 0 Å². The average molecular weight is 367 g/mol. The van der Waals surface area contributed by atoms with E-state index >= 15 is 0 Å².